The van der Waals surface area contributed by atoms with Crippen molar-refractivity contribution in [1.29, 1.82) is 0 Å². The first kappa shape index (κ1) is 25.7. The predicted octanol–water partition coefficient (Wildman–Crippen LogP) is 2.91. The molecule has 0 unspecified atom stereocenters. The van der Waals surface area contributed by atoms with Crippen molar-refractivity contribution in [2.24, 2.45) is 5.73 Å². The molecule has 2 fully saturated rings. The summed E-state index contributed by atoms with van der Waals surface area (Å²) in [5.41, 5.74) is 6.67. The lowest BCUT2D eigenvalue weighted by Gasteiger charge is -2.32. The first-order valence-electron chi connectivity index (χ1n) is 12.4. The lowest BCUT2D eigenvalue weighted by Crippen LogP contribution is -2.49. The van der Waals surface area contributed by atoms with Crippen molar-refractivity contribution < 1.29 is 18.6 Å². The van der Waals surface area contributed by atoms with Crippen LogP contribution in [0.15, 0.2) is 24.7 Å². The molecule has 9 nitrogen and oxygen atoms in total. The minimum absolute atomic E-state index is 0.289. The highest BCUT2D eigenvalue weighted by molar-refractivity contribution is 5.63. The molecule has 1 atom stereocenters. The number of pyridine rings is 1. The number of nitrogens with one attached hydrogen (secondary N) is 2. The van der Waals surface area contributed by atoms with Crippen LogP contribution in [-0.4, -0.2) is 72.2 Å². The van der Waals surface area contributed by atoms with Crippen LogP contribution in [0.2, 0.25) is 0 Å². The van der Waals surface area contributed by atoms with Crippen LogP contribution < -0.4 is 21.1 Å². The van der Waals surface area contributed by atoms with E-state index in [1.165, 1.54) is 18.6 Å². The fourth-order valence-electron chi connectivity index (χ4n) is 4.72. The number of rotatable bonds is 10. The molecule has 35 heavy (non-hydrogen) atoms. The highest BCUT2D eigenvalue weighted by Crippen LogP contribution is 2.27. The van der Waals surface area contributed by atoms with Gasteiger partial charge in [0.15, 0.2) is 5.82 Å². The van der Waals surface area contributed by atoms with Gasteiger partial charge in [-0.15, -0.1) is 0 Å². The number of hydrogen-bond acceptors (Lipinski definition) is 9. The molecule has 2 aromatic heterocycles. The molecule has 192 valence electrons. The topological polar surface area (TPSA) is 116 Å². The zero-order chi connectivity index (χ0) is 24.7. The van der Waals surface area contributed by atoms with Gasteiger partial charge in [-0.25, -0.2) is 14.4 Å². The number of halogens is 1. The second kappa shape index (κ2) is 12.0. The lowest BCUT2D eigenvalue weighted by atomic mass is 9.90. The Labute approximate surface area is 206 Å². The molecular weight excluding hydrogens is 451 g/mol. The molecule has 1 aliphatic heterocycles. The number of anilines is 1. The molecule has 4 N–H and O–H groups in total. The average Bonchev–Trinajstić information content (AvgIpc) is 2.86. The van der Waals surface area contributed by atoms with Crippen molar-refractivity contribution in [2.45, 2.75) is 69.1 Å². The summed E-state index contributed by atoms with van der Waals surface area (Å²) in [7, 11) is 1.72. The van der Waals surface area contributed by atoms with Crippen LogP contribution >= 0.6 is 0 Å². The fraction of sp³-hybridized carbons (Fsp3) is 0.640. The summed E-state index contributed by atoms with van der Waals surface area (Å²) in [5.74, 6) is 0.488. The molecule has 1 aliphatic carbocycles. The first-order valence-corrected chi connectivity index (χ1v) is 12.4. The standard InChI is InChI=1S/C25H37FN6O3/c1-17(15-33-2)30-18-3-5-19(6-4-18)31-23-11-20(21(26)12-29-23)22-13-28-14-24(32-22)35-16-25(27)7-9-34-10-8-25/h11-14,17-19,30H,3-10,15-16,27H2,1-2H3,(H,29,31)/t17-,18?,19?/m1/s1. The maximum absolute atomic E-state index is 14.7. The molecule has 2 aromatic rings. The van der Waals surface area contributed by atoms with Crippen LogP contribution in [0.5, 0.6) is 5.88 Å². The van der Waals surface area contributed by atoms with Crippen LogP contribution in [0, 0.1) is 5.82 Å². The van der Waals surface area contributed by atoms with E-state index in [1.54, 1.807) is 13.2 Å². The molecule has 10 heteroatoms. The Morgan fingerprint density at radius 2 is 1.91 bits per heavy atom. The van der Waals surface area contributed by atoms with E-state index in [2.05, 4.69) is 32.5 Å². The van der Waals surface area contributed by atoms with Crippen molar-refractivity contribution in [2.75, 3.05) is 38.9 Å². The number of aromatic nitrogens is 3. The summed E-state index contributed by atoms with van der Waals surface area (Å²) in [6.07, 6.45) is 9.88. The lowest BCUT2D eigenvalue weighted by molar-refractivity contribution is 0.0335. The molecule has 2 aliphatic rings. The number of ether oxygens (including phenoxy) is 3. The molecule has 0 spiro atoms. The molecule has 0 radical (unpaired) electrons. The van der Waals surface area contributed by atoms with Crippen molar-refractivity contribution in [1.82, 2.24) is 20.3 Å². The van der Waals surface area contributed by atoms with Gasteiger partial charge in [-0.2, -0.15) is 0 Å². The van der Waals surface area contributed by atoms with Gasteiger partial charge in [-0.05, 0) is 51.5 Å². The summed E-state index contributed by atoms with van der Waals surface area (Å²) in [4.78, 5) is 12.9. The monoisotopic (exact) mass is 488 g/mol. The van der Waals surface area contributed by atoms with Crippen molar-refractivity contribution in [3.63, 3.8) is 0 Å². The maximum Gasteiger partial charge on any atom is 0.232 e. The molecular formula is C25H37FN6O3. The SMILES string of the molecule is COC[C@@H](C)NC1CCC(Nc2cc(-c3cncc(OCC4(N)CCOCC4)n3)c(F)cn2)CC1. The maximum atomic E-state index is 14.7. The van der Waals surface area contributed by atoms with Gasteiger partial charge < -0.3 is 30.6 Å². The Kier molecular flexibility index (Phi) is 8.83. The van der Waals surface area contributed by atoms with E-state index in [0.29, 0.717) is 61.5 Å². The molecule has 0 amide bonds. The van der Waals surface area contributed by atoms with Crippen LogP contribution in [0.25, 0.3) is 11.3 Å². The van der Waals surface area contributed by atoms with E-state index in [-0.39, 0.29) is 6.04 Å². The Morgan fingerprint density at radius 1 is 1.17 bits per heavy atom. The van der Waals surface area contributed by atoms with Crippen molar-refractivity contribution in [3.8, 4) is 17.1 Å². The molecule has 0 bridgehead atoms. The van der Waals surface area contributed by atoms with E-state index in [9.17, 15) is 4.39 Å². The Bertz CT molecular complexity index is 951. The van der Waals surface area contributed by atoms with Crippen molar-refractivity contribution in [3.05, 3.63) is 30.5 Å². The first-order chi connectivity index (χ1) is 16.9. The third kappa shape index (κ3) is 7.30. The van der Waals surface area contributed by atoms with E-state index in [0.717, 1.165) is 38.5 Å². The zero-order valence-electron chi connectivity index (χ0n) is 20.6. The molecule has 4 rings (SSSR count). The zero-order valence-corrected chi connectivity index (χ0v) is 20.6. The number of methoxy groups -OCH3 is 1. The highest BCUT2D eigenvalue weighted by Gasteiger charge is 2.29. The smallest absolute Gasteiger partial charge is 0.232 e. The molecule has 0 aromatic carbocycles. The Balaban J connectivity index is 1.36. The summed E-state index contributed by atoms with van der Waals surface area (Å²) in [6.45, 7) is 4.39. The van der Waals surface area contributed by atoms with Gasteiger partial charge in [0.2, 0.25) is 5.88 Å². The Morgan fingerprint density at radius 3 is 2.66 bits per heavy atom. The van der Waals surface area contributed by atoms with Gasteiger partial charge >= 0.3 is 0 Å². The second-order valence-electron chi connectivity index (χ2n) is 9.77. The quantitative estimate of drug-likeness (QED) is 0.464. The van der Waals surface area contributed by atoms with Gasteiger partial charge in [0, 0.05) is 44.0 Å². The van der Waals surface area contributed by atoms with Crippen LogP contribution in [-0.2, 0) is 9.47 Å². The summed E-state index contributed by atoms with van der Waals surface area (Å²) in [5, 5.41) is 7.09. The van der Waals surface area contributed by atoms with Gasteiger partial charge in [-0.1, -0.05) is 0 Å². The van der Waals surface area contributed by atoms with Gasteiger partial charge in [0.05, 0.1) is 36.4 Å². The van der Waals surface area contributed by atoms with E-state index in [1.807, 2.05) is 0 Å². The minimum atomic E-state index is -0.457. The van der Waals surface area contributed by atoms with Gasteiger partial charge in [0.1, 0.15) is 12.4 Å². The van der Waals surface area contributed by atoms with E-state index in [4.69, 9.17) is 19.9 Å². The van der Waals surface area contributed by atoms with Crippen LogP contribution in [0.1, 0.15) is 45.4 Å². The average molecular weight is 489 g/mol. The summed E-state index contributed by atoms with van der Waals surface area (Å²) < 4.78 is 31.1. The van der Waals surface area contributed by atoms with E-state index < -0.39 is 11.4 Å². The third-order valence-electron chi connectivity index (χ3n) is 6.76. The summed E-state index contributed by atoms with van der Waals surface area (Å²) >= 11 is 0. The number of hydrogen-bond donors (Lipinski definition) is 3. The van der Waals surface area contributed by atoms with Crippen LogP contribution in [0.3, 0.4) is 0 Å². The van der Waals surface area contributed by atoms with Crippen molar-refractivity contribution >= 4 is 5.82 Å². The van der Waals surface area contributed by atoms with Crippen LogP contribution in [0.4, 0.5) is 10.2 Å². The summed E-state index contributed by atoms with van der Waals surface area (Å²) in [6, 6.07) is 2.81. The normalized spacial score (nSPS) is 23.0. The van der Waals surface area contributed by atoms with Gasteiger partial charge in [-0.3, -0.25) is 4.98 Å². The largest absolute Gasteiger partial charge is 0.475 e. The third-order valence-corrected chi connectivity index (χ3v) is 6.76. The predicted molar refractivity (Wildman–Crippen MR) is 132 cm³/mol. The van der Waals surface area contributed by atoms with E-state index >= 15 is 0 Å². The molecule has 1 saturated carbocycles. The Hall–Kier alpha value is -2.40. The highest BCUT2D eigenvalue weighted by atomic mass is 19.1. The fourth-order valence-corrected chi connectivity index (χ4v) is 4.72. The number of nitrogens with two attached hydrogens (primary N) is 1. The molecule has 1 saturated heterocycles. The minimum Gasteiger partial charge on any atom is -0.475 e. The molecule has 3 heterocycles. The second-order valence-corrected chi connectivity index (χ2v) is 9.77. The van der Waals surface area contributed by atoms with Gasteiger partial charge in [0.25, 0.3) is 0 Å². The number of nitrogens with zero attached hydrogens (tertiary/aromatic N) is 3.